The third kappa shape index (κ3) is 6.90. The minimum Gasteiger partial charge on any atom is -0.356 e. The Labute approximate surface area is 167 Å². The fourth-order valence-electron chi connectivity index (χ4n) is 2.09. The van der Waals surface area contributed by atoms with Gasteiger partial charge in [0.15, 0.2) is 5.96 Å². The SMILES string of the molecule is CN=C(NCCS(=O)c1ccccc1)NCC(C)c1cccs1.I. The molecule has 0 saturated carbocycles. The summed E-state index contributed by atoms with van der Waals surface area (Å²) in [7, 11) is 0.767. The molecule has 2 unspecified atom stereocenters. The van der Waals surface area contributed by atoms with Crippen molar-refractivity contribution < 1.29 is 4.21 Å². The van der Waals surface area contributed by atoms with Crippen molar-refractivity contribution in [3.05, 3.63) is 52.7 Å². The van der Waals surface area contributed by atoms with Gasteiger partial charge >= 0.3 is 0 Å². The Kier molecular flexibility index (Phi) is 10.2. The van der Waals surface area contributed by atoms with E-state index in [0.717, 1.165) is 17.4 Å². The molecule has 0 radical (unpaired) electrons. The monoisotopic (exact) mass is 477 g/mol. The van der Waals surface area contributed by atoms with Crippen LogP contribution in [0.4, 0.5) is 0 Å². The largest absolute Gasteiger partial charge is 0.356 e. The van der Waals surface area contributed by atoms with E-state index in [9.17, 15) is 4.21 Å². The van der Waals surface area contributed by atoms with E-state index >= 15 is 0 Å². The van der Waals surface area contributed by atoms with Crippen LogP contribution in [0.25, 0.3) is 0 Å². The number of guanidine groups is 1. The Morgan fingerprint density at radius 3 is 2.58 bits per heavy atom. The maximum atomic E-state index is 12.1. The highest BCUT2D eigenvalue weighted by molar-refractivity contribution is 14.0. The van der Waals surface area contributed by atoms with Gasteiger partial charge in [0.25, 0.3) is 0 Å². The summed E-state index contributed by atoms with van der Waals surface area (Å²) in [4.78, 5) is 6.43. The zero-order chi connectivity index (χ0) is 16.5. The van der Waals surface area contributed by atoms with Gasteiger partial charge in [-0.05, 0) is 23.6 Å². The average Bonchev–Trinajstić information content (AvgIpc) is 3.13. The number of thiophene rings is 1. The van der Waals surface area contributed by atoms with Gasteiger partial charge in [-0.2, -0.15) is 0 Å². The van der Waals surface area contributed by atoms with Crippen LogP contribution in [-0.4, -0.2) is 36.1 Å². The van der Waals surface area contributed by atoms with Crippen LogP contribution in [0.5, 0.6) is 0 Å². The lowest BCUT2D eigenvalue weighted by atomic mass is 10.1. The van der Waals surface area contributed by atoms with Crippen molar-refractivity contribution in [2.24, 2.45) is 4.99 Å². The normalized spacial score (nSPS) is 13.7. The number of nitrogens with zero attached hydrogens (tertiary/aromatic N) is 1. The first kappa shape index (κ1) is 21.1. The molecule has 0 aliphatic heterocycles. The van der Waals surface area contributed by atoms with Gasteiger partial charge in [-0.25, -0.2) is 0 Å². The molecule has 0 aliphatic rings. The quantitative estimate of drug-likeness (QED) is 0.365. The first-order valence-electron chi connectivity index (χ1n) is 7.62. The van der Waals surface area contributed by atoms with E-state index in [1.165, 1.54) is 4.88 Å². The molecule has 24 heavy (non-hydrogen) atoms. The molecule has 0 amide bonds. The number of benzene rings is 1. The Bertz CT molecular complexity index is 633. The molecular formula is C17H24IN3OS2. The molecule has 2 N–H and O–H groups in total. The van der Waals surface area contributed by atoms with E-state index in [1.807, 2.05) is 30.3 Å². The Morgan fingerprint density at radius 2 is 1.96 bits per heavy atom. The molecule has 0 spiro atoms. The third-order valence-electron chi connectivity index (χ3n) is 3.41. The number of aliphatic imine (C=N–C) groups is 1. The van der Waals surface area contributed by atoms with Crippen molar-refractivity contribution in [3.8, 4) is 0 Å². The molecule has 2 aromatic rings. The summed E-state index contributed by atoms with van der Waals surface area (Å²) in [6.45, 7) is 3.63. The number of hydrogen-bond donors (Lipinski definition) is 2. The van der Waals surface area contributed by atoms with Crippen LogP contribution >= 0.6 is 35.3 Å². The summed E-state index contributed by atoms with van der Waals surface area (Å²) < 4.78 is 12.1. The number of halogens is 1. The Hall–Kier alpha value is -0.930. The van der Waals surface area contributed by atoms with E-state index in [4.69, 9.17) is 0 Å². The van der Waals surface area contributed by atoms with E-state index in [1.54, 1.807) is 18.4 Å². The number of hydrogen-bond acceptors (Lipinski definition) is 3. The van der Waals surface area contributed by atoms with E-state index < -0.39 is 10.8 Å². The summed E-state index contributed by atoms with van der Waals surface area (Å²) in [6.07, 6.45) is 0. The molecule has 2 rings (SSSR count). The van der Waals surface area contributed by atoms with Crippen LogP contribution in [0.2, 0.25) is 0 Å². The highest BCUT2D eigenvalue weighted by atomic mass is 127. The molecule has 1 heterocycles. The van der Waals surface area contributed by atoms with Crippen LogP contribution in [-0.2, 0) is 10.8 Å². The van der Waals surface area contributed by atoms with Crippen molar-refractivity contribution in [3.63, 3.8) is 0 Å². The minimum absolute atomic E-state index is 0. The van der Waals surface area contributed by atoms with Crippen LogP contribution in [0.15, 0.2) is 57.7 Å². The van der Waals surface area contributed by atoms with Gasteiger partial charge in [-0.3, -0.25) is 9.20 Å². The second kappa shape index (κ2) is 11.6. The smallest absolute Gasteiger partial charge is 0.191 e. The summed E-state index contributed by atoms with van der Waals surface area (Å²) in [6, 6.07) is 13.8. The second-order valence-electron chi connectivity index (χ2n) is 5.16. The summed E-state index contributed by atoms with van der Waals surface area (Å²) >= 11 is 1.77. The van der Waals surface area contributed by atoms with Gasteiger partial charge in [-0.15, -0.1) is 35.3 Å². The highest BCUT2D eigenvalue weighted by Crippen LogP contribution is 2.19. The van der Waals surface area contributed by atoms with Crippen molar-refractivity contribution >= 4 is 52.1 Å². The molecule has 132 valence electrons. The summed E-state index contributed by atoms with van der Waals surface area (Å²) in [5.74, 6) is 1.75. The lowest BCUT2D eigenvalue weighted by Crippen LogP contribution is -2.40. The predicted molar refractivity (Wildman–Crippen MR) is 115 cm³/mol. The summed E-state index contributed by atoms with van der Waals surface area (Å²) in [5, 5.41) is 8.63. The maximum absolute atomic E-state index is 12.1. The van der Waals surface area contributed by atoms with Gasteiger partial charge in [0.1, 0.15) is 0 Å². The topological polar surface area (TPSA) is 53.5 Å². The van der Waals surface area contributed by atoms with E-state index in [0.29, 0.717) is 18.2 Å². The third-order valence-corrected chi connectivity index (χ3v) is 5.89. The first-order chi connectivity index (χ1) is 11.2. The first-order valence-corrected chi connectivity index (χ1v) is 9.82. The Morgan fingerprint density at radius 1 is 1.21 bits per heavy atom. The average molecular weight is 477 g/mol. The lowest BCUT2D eigenvalue weighted by molar-refractivity contribution is 0.680. The predicted octanol–water partition coefficient (Wildman–Crippen LogP) is 3.44. The minimum atomic E-state index is -0.982. The van der Waals surface area contributed by atoms with Gasteiger partial charge < -0.3 is 10.6 Å². The lowest BCUT2D eigenvalue weighted by Gasteiger charge is -2.15. The molecular weight excluding hydrogens is 453 g/mol. The van der Waals surface area contributed by atoms with Gasteiger partial charge in [0.2, 0.25) is 0 Å². The van der Waals surface area contributed by atoms with Gasteiger partial charge in [0, 0.05) is 41.6 Å². The second-order valence-corrected chi connectivity index (χ2v) is 7.71. The molecule has 0 bridgehead atoms. The summed E-state index contributed by atoms with van der Waals surface area (Å²) in [5.41, 5.74) is 0. The van der Waals surface area contributed by atoms with Gasteiger partial charge in [-0.1, -0.05) is 31.2 Å². The van der Waals surface area contributed by atoms with Crippen LogP contribution in [0.3, 0.4) is 0 Å². The zero-order valence-electron chi connectivity index (χ0n) is 13.9. The van der Waals surface area contributed by atoms with Crippen LogP contribution in [0.1, 0.15) is 17.7 Å². The van der Waals surface area contributed by atoms with Crippen LogP contribution < -0.4 is 10.6 Å². The standard InChI is InChI=1S/C17H23N3OS2.HI/c1-14(16-9-6-11-22-16)13-20-17(18-2)19-10-12-23(21)15-7-4-3-5-8-15;/h3-9,11,14H,10,12-13H2,1-2H3,(H2,18,19,20);1H. The van der Waals surface area contributed by atoms with Crippen molar-refractivity contribution in [2.75, 3.05) is 25.9 Å². The Balaban J connectivity index is 0.00000288. The van der Waals surface area contributed by atoms with Crippen molar-refractivity contribution in [1.82, 2.24) is 10.6 Å². The molecule has 0 aliphatic carbocycles. The van der Waals surface area contributed by atoms with Crippen LogP contribution in [0, 0.1) is 0 Å². The van der Waals surface area contributed by atoms with Crippen molar-refractivity contribution in [1.29, 1.82) is 0 Å². The van der Waals surface area contributed by atoms with E-state index in [-0.39, 0.29) is 24.0 Å². The number of nitrogens with one attached hydrogen (secondary N) is 2. The molecule has 7 heteroatoms. The molecule has 1 aromatic carbocycles. The fraction of sp³-hybridized carbons (Fsp3) is 0.353. The molecule has 4 nitrogen and oxygen atoms in total. The maximum Gasteiger partial charge on any atom is 0.191 e. The highest BCUT2D eigenvalue weighted by Gasteiger charge is 2.08. The molecule has 0 saturated heterocycles. The van der Waals surface area contributed by atoms with Crippen molar-refractivity contribution in [2.45, 2.75) is 17.7 Å². The fourth-order valence-corrected chi connectivity index (χ4v) is 3.87. The molecule has 1 aromatic heterocycles. The van der Waals surface area contributed by atoms with Gasteiger partial charge in [0.05, 0.1) is 10.8 Å². The zero-order valence-corrected chi connectivity index (χ0v) is 17.9. The van der Waals surface area contributed by atoms with E-state index in [2.05, 4.69) is 40.1 Å². The number of rotatable bonds is 7. The molecule has 0 fully saturated rings. The molecule has 2 atom stereocenters.